The number of hydrogen-bond donors (Lipinski definition) is 1. The van der Waals surface area contributed by atoms with Crippen molar-refractivity contribution >= 4 is 16.9 Å². The van der Waals surface area contributed by atoms with E-state index in [0.717, 1.165) is 66.1 Å². The van der Waals surface area contributed by atoms with E-state index in [-0.39, 0.29) is 5.91 Å². The summed E-state index contributed by atoms with van der Waals surface area (Å²) in [6.45, 7) is 6.40. The zero-order valence-corrected chi connectivity index (χ0v) is 22.1. The Labute approximate surface area is 219 Å². The second-order valence-corrected chi connectivity index (χ2v) is 9.47. The fourth-order valence-corrected chi connectivity index (χ4v) is 4.45. The molecule has 4 aromatic rings. The Bertz CT molecular complexity index is 1310. The third kappa shape index (κ3) is 7.35. The number of ether oxygens (including phenoxy) is 2. The molecule has 0 aliphatic heterocycles. The minimum absolute atomic E-state index is 0.0301. The molecule has 1 N–H and O–H groups in total. The van der Waals surface area contributed by atoms with Crippen LogP contribution >= 0.6 is 0 Å². The van der Waals surface area contributed by atoms with E-state index in [9.17, 15) is 4.79 Å². The van der Waals surface area contributed by atoms with Crippen molar-refractivity contribution < 1.29 is 14.3 Å². The van der Waals surface area contributed by atoms with Crippen molar-refractivity contribution in [2.24, 2.45) is 0 Å². The third-order valence-corrected chi connectivity index (χ3v) is 6.53. The number of methoxy groups -OCH3 is 1. The average molecular weight is 500 g/mol. The normalized spacial score (nSPS) is 11.0. The number of amides is 1. The molecule has 0 bridgehead atoms. The summed E-state index contributed by atoms with van der Waals surface area (Å²) < 4.78 is 13.5. The molecule has 0 saturated carbocycles. The number of rotatable bonds is 13. The first-order valence-electron chi connectivity index (χ1n) is 13.1. The van der Waals surface area contributed by atoms with Gasteiger partial charge in [0.25, 0.3) is 0 Å². The number of imidazole rings is 1. The number of hydrogen-bond acceptors (Lipinski definition) is 4. The molecule has 6 heteroatoms. The Morgan fingerprint density at radius 1 is 0.973 bits per heavy atom. The Hall–Kier alpha value is -3.80. The van der Waals surface area contributed by atoms with Gasteiger partial charge < -0.3 is 19.4 Å². The van der Waals surface area contributed by atoms with E-state index < -0.39 is 0 Å². The van der Waals surface area contributed by atoms with Crippen molar-refractivity contribution in [1.29, 1.82) is 0 Å². The predicted molar refractivity (Wildman–Crippen MR) is 148 cm³/mol. The molecular formula is C31H37N3O3. The molecule has 6 nitrogen and oxygen atoms in total. The van der Waals surface area contributed by atoms with E-state index in [1.807, 2.05) is 30.3 Å². The summed E-state index contributed by atoms with van der Waals surface area (Å²) in [5.74, 6) is 2.87. The highest BCUT2D eigenvalue weighted by Gasteiger charge is 2.11. The highest BCUT2D eigenvalue weighted by atomic mass is 16.5. The van der Waals surface area contributed by atoms with Gasteiger partial charge in [-0.1, -0.05) is 36.4 Å². The van der Waals surface area contributed by atoms with Crippen LogP contribution in [0.2, 0.25) is 0 Å². The van der Waals surface area contributed by atoms with E-state index in [1.54, 1.807) is 7.11 Å². The lowest BCUT2D eigenvalue weighted by Gasteiger charge is -2.12. The molecule has 194 valence electrons. The van der Waals surface area contributed by atoms with Gasteiger partial charge in [0.1, 0.15) is 17.3 Å². The molecule has 0 aliphatic carbocycles. The molecular weight excluding hydrogens is 462 g/mol. The molecule has 0 aliphatic rings. The summed E-state index contributed by atoms with van der Waals surface area (Å²) in [7, 11) is 1.64. The number of carbonyl (C=O) groups is 1. The van der Waals surface area contributed by atoms with Crippen molar-refractivity contribution in [2.75, 3.05) is 20.3 Å². The largest absolute Gasteiger partial charge is 0.497 e. The smallest absolute Gasteiger partial charge is 0.224 e. The van der Waals surface area contributed by atoms with Crippen molar-refractivity contribution in [3.8, 4) is 11.5 Å². The van der Waals surface area contributed by atoms with Gasteiger partial charge in [0.15, 0.2) is 0 Å². The molecule has 0 spiro atoms. The van der Waals surface area contributed by atoms with Crippen LogP contribution in [-0.4, -0.2) is 35.7 Å². The lowest BCUT2D eigenvalue weighted by atomic mass is 10.1. The quantitative estimate of drug-likeness (QED) is 0.236. The summed E-state index contributed by atoms with van der Waals surface area (Å²) in [6.07, 6.45) is 4.01. The number of carbonyl (C=O) groups excluding carboxylic acids is 1. The molecule has 1 aromatic heterocycles. The molecule has 3 aromatic carbocycles. The van der Waals surface area contributed by atoms with Crippen molar-refractivity contribution in [1.82, 2.24) is 14.9 Å². The lowest BCUT2D eigenvalue weighted by molar-refractivity contribution is -0.120. The molecule has 0 radical (unpaired) electrons. The molecule has 0 unspecified atom stereocenters. The summed E-state index contributed by atoms with van der Waals surface area (Å²) >= 11 is 0. The fraction of sp³-hybridized carbons (Fsp3) is 0.355. The third-order valence-electron chi connectivity index (χ3n) is 6.53. The Morgan fingerprint density at radius 3 is 2.59 bits per heavy atom. The minimum Gasteiger partial charge on any atom is -0.497 e. The summed E-state index contributed by atoms with van der Waals surface area (Å²) in [4.78, 5) is 17.2. The van der Waals surface area contributed by atoms with Crippen LogP contribution in [0.25, 0.3) is 11.0 Å². The van der Waals surface area contributed by atoms with Gasteiger partial charge in [-0.3, -0.25) is 4.79 Å². The fourth-order valence-electron chi connectivity index (χ4n) is 4.45. The van der Waals surface area contributed by atoms with Crippen LogP contribution in [0.15, 0.2) is 66.7 Å². The van der Waals surface area contributed by atoms with E-state index in [2.05, 4.69) is 60.1 Å². The van der Waals surface area contributed by atoms with E-state index >= 15 is 0 Å². The number of unbranched alkanes of at least 4 members (excludes halogenated alkanes) is 1. The van der Waals surface area contributed by atoms with Crippen LogP contribution in [0, 0.1) is 13.8 Å². The molecule has 0 fully saturated rings. The minimum atomic E-state index is 0.0301. The van der Waals surface area contributed by atoms with E-state index in [1.165, 1.54) is 11.1 Å². The molecule has 1 heterocycles. The number of benzene rings is 3. The van der Waals surface area contributed by atoms with Crippen LogP contribution in [0.3, 0.4) is 0 Å². The van der Waals surface area contributed by atoms with Gasteiger partial charge in [-0.05, 0) is 80.1 Å². The van der Waals surface area contributed by atoms with Gasteiger partial charge >= 0.3 is 0 Å². The number of nitrogens with one attached hydrogen (secondary N) is 1. The number of fused-ring (bicyclic) bond motifs is 1. The van der Waals surface area contributed by atoms with Gasteiger partial charge in [-0.25, -0.2) is 4.98 Å². The first-order chi connectivity index (χ1) is 18.0. The number of nitrogens with zero attached hydrogens (tertiary/aromatic N) is 2. The topological polar surface area (TPSA) is 65.4 Å². The van der Waals surface area contributed by atoms with Crippen LogP contribution < -0.4 is 14.8 Å². The van der Waals surface area contributed by atoms with E-state index in [0.29, 0.717) is 19.6 Å². The van der Waals surface area contributed by atoms with Gasteiger partial charge in [-0.15, -0.1) is 0 Å². The second kappa shape index (κ2) is 12.9. The highest BCUT2D eigenvalue weighted by Crippen LogP contribution is 2.21. The standard InChI is InChI=1S/C31H37N3O3/c1-23-12-13-24(2)29(21-23)37-20-7-6-19-34-28-10-5-4-9-27(28)33-30(34)11-8-18-32-31(35)22-25-14-16-26(36-3)17-15-25/h4-5,9-10,12-17,21H,6-8,11,18-20,22H2,1-3H3,(H,32,35). The van der Waals surface area contributed by atoms with E-state index in [4.69, 9.17) is 14.5 Å². The maximum Gasteiger partial charge on any atom is 0.224 e. The second-order valence-electron chi connectivity index (χ2n) is 9.47. The summed E-state index contributed by atoms with van der Waals surface area (Å²) in [6, 6.07) is 22.2. The SMILES string of the molecule is COc1ccc(CC(=O)NCCCc2nc3ccccc3n2CCCCOc2cc(C)ccc2C)cc1. The predicted octanol–water partition coefficient (Wildman–Crippen LogP) is 5.81. The zero-order chi connectivity index (χ0) is 26.0. The van der Waals surface area contributed by atoms with Crippen molar-refractivity contribution in [3.05, 3.63) is 89.2 Å². The van der Waals surface area contributed by atoms with Crippen LogP contribution in [0.5, 0.6) is 11.5 Å². The number of aromatic nitrogens is 2. The molecule has 0 atom stereocenters. The first kappa shape index (κ1) is 26.3. The van der Waals surface area contributed by atoms with Crippen molar-refractivity contribution in [3.63, 3.8) is 0 Å². The van der Waals surface area contributed by atoms with Gasteiger partial charge in [0, 0.05) is 19.5 Å². The van der Waals surface area contributed by atoms with Gasteiger partial charge in [0.05, 0.1) is 31.2 Å². The molecule has 0 saturated heterocycles. The summed E-state index contributed by atoms with van der Waals surface area (Å²) in [5, 5.41) is 3.04. The average Bonchev–Trinajstić information content (AvgIpc) is 3.26. The zero-order valence-electron chi connectivity index (χ0n) is 22.1. The van der Waals surface area contributed by atoms with Crippen LogP contribution in [0.4, 0.5) is 0 Å². The molecule has 1 amide bonds. The Kier molecular flexibility index (Phi) is 9.19. The van der Waals surface area contributed by atoms with Gasteiger partial charge in [0.2, 0.25) is 5.91 Å². The Balaban J connectivity index is 1.26. The maximum atomic E-state index is 12.4. The number of aryl methyl sites for hydroxylation is 4. The lowest BCUT2D eigenvalue weighted by Crippen LogP contribution is -2.26. The molecule has 37 heavy (non-hydrogen) atoms. The Morgan fingerprint density at radius 2 is 1.78 bits per heavy atom. The monoisotopic (exact) mass is 499 g/mol. The maximum absolute atomic E-state index is 12.4. The molecule has 4 rings (SSSR count). The first-order valence-corrected chi connectivity index (χ1v) is 13.1. The van der Waals surface area contributed by atoms with Gasteiger partial charge in [-0.2, -0.15) is 0 Å². The number of para-hydroxylation sites is 2. The van der Waals surface area contributed by atoms with Crippen LogP contribution in [-0.2, 0) is 24.2 Å². The van der Waals surface area contributed by atoms with Crippen LogP contribution in [0.1, 0.15) is 41.8 Å². The summed E-state index contributed by atoms with van der Waals surface area (Å²) in [5.41, 5.74) is 5.54. The van der Waals surface area contributed by atoms with Crippen molar-refractivity contribution in [2.45, 2.75) is 52.5 Å². The highest BCUT2D eigenvalue weighted by molar-refractivity contribution is 5.78.